The molecule has 1 aromatic carbocycles. The highest BCUT2D eigenvalue weighted by Crippen LogP contribution is 2.29. The molecule has 0 radical (unpaired) electrons. The number of aromatic nitrogens is 2. The SMILES string of the molecule is O=C(N[C@H]1CCCCC1O)c1cn(Cc2cc(F)ncc2F)c2c(F)ccc(F)c12. The second-order valence-corrected chi connectivity index (χ2v) is 7.45. The molecule has 0 saturated heterocycles. The molecule has 2 N–H and O–H groups in total. The molecule has 1 fully saturated rings. The number of fused-ring (bicyclic) bond motifs is 1. The van der Waals surface area contributed by atoms with Crippen molar-refractivity contribution in [3.05, 3.63) is 65.1 Å². The van der Waals surface area contributed by atoms with Crippen molar-refractivity contribution in [1.82, 2.24) is 14.9 Å². The van der Waals surface area contributed by atoms with E-state index in [1.807, 2.05) is 0 Å². The maximum atomic E-state index is 14.6. The number of hydrogen-bond acceptors (Lipinski definition) is 3. The van der Waals surface area contributed by atoms with Crippen molar-refractivity contribution in [2.45, 2.75) is 44.4 Å². The molecule has 1 unspecified atom stereocenters. The zero-order chi connectivity index (χ0) is 21.4. The number of hydrogen-bond donors (Lipinski definition) is 2. The van der Waals surface area contributed by atoms with Crippen molar-refractivity contribution >= 4 is 16.8 Å². The summed E-state index contributed by atoms with van der Waals surface area (Å²) in [5.74, 6) is -4.03. The van der Waals surface area contributed by atoms with E-state index in [9.17, 15) is 27.5 Å². The summed E-state index contributed by atoms with van der Waals surface area (Å²) in [6.07, 6.45) is 3.99. The number of nitrogens with zero attached hydrogens (tertiary/aromatic N) is 2. The Morgan fingerprint density at radius 1 is 1.13 bits per heavy atom. The molecule has 2 heterocycles. The van der Waals surface area contributed by atoms with Gasteiger partial charge in [0.2, 0.25) is 5.95 Å². The highest BCUT2D eigenvalue weighted by molar-refractivity contribution is 6.07. The molecule has 30 heavy (non-hydrogen) atoms. The van der Waals surface area contributed by atoms with Gasteiger partial charge in [-0.15, -0.1) is 0 Å². The van der Waals surface area contributed by atoms with Crippen molar-refractivity contribution in [2.75, 3.05) is 0 Å². The first kappa shape index (κ1) is 20.3. The van der Waals surface area contributed by atoms with Crippen LogP contribution in [0, 0.1) is 23.4 Å². The van der Waals surface area contributed by atoms with Gasteiger partial charge in [0.25, 0.3) is 5.91 Å². The van der Waals surface area contributed by atoms with Crippen molar-refractivity contribution in [2.24, 2.45) is 0 Å². The molecular weight excluding hydrogens is 402 g/mol. The van der Waals surface area contributed by atoms with Gasteiger partial charge in [-0.2, -0.15) is 4.39 Å². The highest BCUT2D eigenvalue weighted by atomic mass is 19.1. The van der Waals surface area contributed by atoms with Crippen molar-refractivity contribution in [3.63, 3.8) is 0 Å². The van der Waals surface area contributed by atoms with Crippen LogP contribution in [0.3, 0.4) is 0 Å². The van der Waals surface area contributed by atoms with Crippen LogP contribution in [0.1, 0.15) is 41.6 Å². The van der Waals surface area contributed by atoms with Gasteiger partial charge in [-0.3, -0.25) is 4.79 Å². The van der Waals surface area contributed by atoms with Gasteiger partial charge in [0.1, 0.15) is 17.5 Å². The van der Waals surface area contributed by atoms with Gasteiger partial charge >= 0.3 is 0 Å². The first-order valence-electron chi connectivity index (χ1n) is 9.61. The molecular formula is C21H19F4N3O2. The lowest BCUT2D eigenvalue weighted by atomic mass is 9.92. The zero-order valence-corrected chi connectivity index (χ0v) is 15.8. The van der Waals surface area contributed by atoms with Crippen molar-refractivity contribution < 1.29 is 27.5 Å². The number of halogens is 4. The van der Waals surface area contributed by atoms with E-state index in [0.29, 0.717) is 19.0 Å². The van der Waals surface area contributed by atoms with Gasteiger partial charge in [-0.25, -0.2) is 18.2 Å². The summed E-state index contributed by atoms with van der Waals surface area (Å²) in [6, 6.07) is 2.18. The quantitative estimate of drug-likeness (QED) is 0.499. The minimum atomic E-state index is -0.918. The summed E-state index contributed by atoms with van der Waals surface area (Å²) in [5, 5.41) is 12.5. The molecule has 3 aromatic rings. The second-order valence-electron chi connectivity index (χ2n) is 7.45. The normalized spacial score (nSPS) is 19.2. The predicted molar refractivity (Wildman–Crippen MR) is 101 cm³/mol. The molecule has 5 nitrogen and oxygen atoms in total. The smallest absolute Gasteiger partial charge is 0.253 e. The van der Waals surface area contributed by atoms with E-state index >= 15 is 0 Å². The summed E-state index contributed by atoms with van der Waals surface area (Å²) in [4.78, 5) is 16.1. The topological polar surface area (TPSA) is 67.2 Å². The Morgan fingerprint density at radius 3 is 2.63 bits per heavy atom. The molecule has 9 heteroatoms. The maximum absolute atomic E-state index is 14.6. The standard InChI is InChI=1S/C21H19F4N3O2/c22-13-5-6-14(23)20-19(13)12(21(30)27-16-3-1-2-4-17(16)29)10-28(20)9-11-7-18(25)26-8-15(11)24/h5-8,10,16-17,29H,1-4,9H2,(H,27,30)/t16-,17?/m0/s1. The summed E-state index contributed by atoms with van der Waals surface area (Å²) in [5.41, 5.74) is -0.506. The van der Waals surface area contributed by atoms with E-state index in [0.717, 1.165) is 35.6 Å². The van der Waals surface area contributed by atoms with Crippen LogP contribution >= 0.6 is 0 Å². The lowest BCUT2D eigenvalue weighted by Gasteiger charge is -2.28. The Hall–Kier alpha value is -2.94. The number of nitrogens with one attached hydrogen (secondary N) is 1. The number of carbonyl (C=O) groups is 1. The minimum Gasteiger partial charge on any atom is -0.391 e. The molecule has 4 rings (SSSR count). The Labute approximate surface area is 169 Å². The van der Waals surface area contributed by atoms with Crippen LogP contribution in [0.25, 0.3) is 10.9 Å². The third-order valence-electron chi connectivity index (χ3n) is 5.45. The second kappa shape index (κ2) is 8.06. The number of amides is 1. The molecule has 0 aliphatic heterocycles. The molecule has 0 bridgehead atoms. The Bertz CT molecular complexity index is 1120. The van der Waals surface area contributed by atoms with Crippen LogP contribution in [0.5, 0.6) is 0 Å². The molecule has 1 amide bonds. The summed E-state index contributed by atoms with van der Waals surface area (Å²) in [6.45, 7) is -0.332. The number of rotatable bonds is 4. The number of aliphatic hydroxyl groups is 1. The Kier molecular flexibility index (Phi) is 5.46. The molecule has 0 spiro atoms. The monoisotopic (exact) mass is 421 g/mol. The molecule has 2 atom stereocenters. The largest absolute Gasteiger partial charge is 0.391 e. The maximum Gasteiger partial charge on any atom is 0.253 e. The van der Waals surface area contributed by atoms with E-state index in [-0.39, 0.29) is 28.6 Å². The number of carbonyl (C=O) groups excluding carboxylic acids is 1. The van der Waals surface area contributed by atoms with Crippen molar-refractivity contribution in [1.29, 1.82) is 0 Å². The zero-order valence-electron chi connectivity index (χ0n) is 15.8. The van der Waals surface area contributed by atoms with Gasteiger partial charge in [-0.1, -0.05) is 12.8 Å². The fourth-order valence-corrected chi connectivity index (χ4v) is 3.94. The first-order valence-corrected chi connectivity index (χ1v) is 9.61. The fourth-order valence-electron chi connectivity index (χ4n) is 3.94. The van der Waals surface area contributed by atoms with Gasteiger partial charge in [0, 0.05) is 17.8 Å². The van der Waals surface area contributed by atoms with Gasteiger partial charge in [-0.05, 0) is 25.0 Å². The van der Waals surface area contributed by atoms with Crippen LogP contribution < -0.4 is 5.32 Å². The van der Waals surface area contributed by atoms with E-state index in [1.165, 1.54) is 6.20 Å². The first-order chi connectivity index (χ1) is 14.3. The molecule has 1 saturated carbocycles. The van der Waals surface area contributed by atoms with Crippen LogP contribution in [-0.2, 0) is 6.54 Å². The van der Waals surface area contributed by atoms with Crippen LogP contribution in [0.4, 0.5) is 17.6 Å². The van der Waals surface area contributed by atoms with Crippen LogP contribution in [0.2, 0.25) is 0 Å². The predicted octanol–water partition coefficient (Wildman–Crippen LogP) is 3.67. The lowest BCUT2D eigenvalue weighted by molar-refractivity contribution is 0.0718. The molecule has 158 valence electrons. The molecule has 2 aromatic heterocycles. The van der Waals surface area contributed by atoms with Gasteiger partial charge in [0.05, 0.1) is 41.4 Å². The van der Waals surface area contributed by atoms with Gasteiger partial charge < -0.3 is 15.0 Å². The third kappa shape index (κ3) is 3.77. The third-order valence-corrected chi connectivity index (χ3v) is 5.45. The van der Waals surface area contributed by atoms with E-state index in [2.05, 4.69) is 10.3 Å². The Balaban J connectivity index is 1.76. The fraction of sp³-hybridized carbons (Fsp3) is 0.333. The van der Waals surface area contributed by atoms with E-state index in [1.54, 1.807) is 0 Å². The number of benzene rings is 1. The summed E-state index contributed by atoms with van der Waals surface area (Å²) < 4.78 is 57.8. The molecule has 1 aliphatic rings. The van der Waals surface area contributed by atoms with Crippen LogP contribution in [-0.4, -0.2) is 32.7 Å². The van der Waals surface area contributed by atoms with Crippen LogP contribution in [0.15, 0.2) is 30.6 Å². The average molecular weight is 421 g/mol. The summed E-state index contributed by atoms with van der Waals surface area (Å²) in [7, 11) is 0. The minimum absolute atomic E-state index is 0.127. The number of pyridine rings is 1. The summed E-state index contributed by atoms with van der Waals surface area (Å²) >= 11 is 0. The lowest BCUT2D eigenvalue weighted by Crippen LogP contribution is -2.45. The van der Waals surface area contributed by atoms with Crippen molar-refractivity contribution in [3.8, 4) is 0 Å². The average Bonchev–Trinajstić information content (AvgIpc) is 3.10. The van der Waals surface area contributed by atoms with E-state index in [4.69, 9.17) is 0 Å². The van der Waals surface area contributed by atoms with Gasteiger partial charge in [0.15, 0.2) is 0 Å². The highest BCUT2D eigenvalue weighted by Gasteiger charge is 2.28. The molecule has 1 aliphatic carbocycles. The Morgan fingerprint density at radius 2 is 1.87 bits per heavy atom. The number of aliphatic hydroxyl groups excluding tert-OH is 1. The van der Waals surface area contributed by atoms with E-state index < -0.39 is 41.5 Å².